The molecule has 1 aliphatic rings. The molecule has 1 aliphatic heterocycles. The normalized spacial score (nSPS) is 18.9. The number of halogens is 1. The van der Waals surface area contributed by atoms with E-state index in [4.69, 9.17) is 4.98 Å². The van der Waals surface area contributed by atoms with Crippen molar-refractivity contribution in [2.45, 2.75) is 124 Å². The van der Waals surface area contributed by atoms with E-state index in [-0.39, 0.29) is 11.1 Å². The van der Waals surface area contributed by atoms with Gasteiger partial charge in [-0.05, 0) is 117 Å². The molecule has 1 fully saturated rings. The van der Waals surface area contributed by atoms with Gasteiger partial charge in [0.05, 0.1) is 5.69 Å². The van der Waals surface area contributed by atoms with Gasteiger partial charge in [0.1, 0.15) is 11.5 Å². The summed E-state index contributed by atoms with van der Waals surface area (Å²) in [7, 11) is 0. The zero-order valence-electron chi connectivity index (χ0n) is 25.6. The van der Waals surface area contributed by atoms with Crippen LogP contribution >= 0.6 is 0 Å². The Labute approximate surface area is 230 Å². The van der Waals surface area contributed by atoms with E-state index >= 15 is 4.39 Å². The van der Waals surface area contributed by atoms with Crippen molar-refractivity contribution in [1.29, 1.82) is 0 Å². The molecule has 3 nitrogen and oxygen atoms in total. The molecule has 2 heterocycles. The van der Waals surface area contributed by atoms with Crippen molar-refractivity contribution in [3.05, 3.63) is 65.0 Å². The number of rotatable bonds is 6. The molecular weight excluding hydrogens is 469 g/mol. The number of anilines is 1. The standard InChI is InChI=1S/C34H48FN3/c1-12-34(11,33(9,10)35)28-15-14-26(38-31(5,6)16-13-17-32(38,7)8)22-27(28)30-36-18-19-37(30)29-24(3)20-23(2)21-25(29)4/h14-15,18-22H,12-13,16-17H2,1-11H3. The predicted octanol–water partition coefficient (Wildman–Crippen LogP) is 9.43. The van der Waals surface area contributed by atoms with Gasteiger partial charge in [0.15, 0.2) is 0 Å². The lowest BCUT2D eigenvalue weighted by Gasteiger charge is -2.54. The Morgan fingerprint density at radius 3 is 2.03 bits per heavy atom. The minimum absolute atomic E-state index is 0.0213. The van der Waals surface area contributed by atoms with Gasteiger partial charge < -0.3 is 4.90 Å². The average molecular weight is 518 g/mol. The molecule has 0 amide bonds. The Kier molecular flexibility index (Phi) is 7.12. The minimum atomic E-state index is -1.41. The van der Waals surface area contributed by atoms with Crippen molar-refractivity contribution in [3.8, 4) is 17.1 Å². The van der Waals surface area contributed by atoms with Crippen LogP contribution < -0.4 is 4.90 Å². The first-order valence-corrected chi connectivity index (χ1v) is 14.3. The average Bonchev–Trinajstić information content (AvgIpc) is 3.25. The van der Waals surface area contributed by atoms with Crippen LogP contribution in [0.3, 0.4) is 0 Å². The fraction of sp³-hybridized carbons (Fsp3) is 0.559. The maximum absolute atomic E-state index is 16.0. The van der Waals surface area contributed by atoms with Crippen LogP contribution in [-0.4, -0.2) is 26.3 Å². The van der Waals surface area contributed by atoms with Gasteiger partial charge in [-0.3, -0.25) is 4.57 Å². The van der Waals surface area contributed by atoms with Crippen LogP contribution in [-0.2, 0) is 5.41 Å². The van der Waals surface area contributed by atoms with Gasteiger partial charge >= 0.3 is 0 Å². The van der Waals surface area contributed by atoms with Crippen LogP contribution in [0.25, 0.3) is 17.1 Å². The summed E-state index contributed by atoms with van der Waals surface area (Å²) >= 11 is 0. The topological polar surface area (TPSA) is 21.1 Å². The van der Waals surface area contributed by atoms with Gasteiger partial charge in [-0.1, -0.05) is 37.6 Å². The number of alkyl halides is 1. The monoisotopic (exact) mass is 517 g/mol. The van der Waals surface area contributed by atoms with Gasteiger partial charge in [0.25, 0.3) is 0 Å². The van der Waals surface area contributed by atoms with E-state index in [2.05, 4.69) is 108 Å². The zero-order valence-corrected chi connectivity index (χ0v) is 25.6. The van der Waals surface area contributed by atoms with E-state index in [1.54, 1.807) is 13.8 Å². The third-order valence-electron chi connectivity index (χ3n) is 9.42. The number of aryl methyl sites for hydroxylation is 3. The van der Waals surface area contributed by atoms with E-state index in [1.807, 2.05) is 6.20 Å². The fourth-order valence-corrected chi connectivity index (χ4v) is 7.20. The van der Waals surface area contributed by atoms with Crippen molar-refractivity contribution in [2.75, 3.05) is 4.90 Å². The Hall–Kier alpha value is -2.62. The van der Waals surface area contributed by atoms with Gasteiger partial charge in [0.2, 0.25) is 0 Å². The molecule has 2 aromatic carbocycles. The molecule has 0 radical (unpaired) electrons. The van der Waals surface area contributed by atoms with Crippen LogP contribution in [0.5, 0.6) is 0 Å². The second-order valence-corrected chi connectivity index (χ2v) is 13.6. The summed E-state index contributed by atoms with van der Waals surface area (Å²) in [6.45, 7) is 23.4. The highest BCUT2D eigenvalue weighted by Crippen LogP contribution is 2.48. The summed E-state index contributed by atoms with van der Waals surface area (Å²) in [5.41, 5.74) is 5.98. The number of hydrogen-bond acceptors (Lipinski definition) is 2. The van der Waals surface area contributed by atoms with Crippen molar-refractivity contribution >= 4 is 5.69 Å². The Balaban J connectivity index is 2.04. The first-order chi connectivity index (χ1) is 17.5. The molecule has 0 bridgehead atoms. The molecule has 0 saturated carbocycles. The Morgan fingerprint density at radius 2 is 1.50 bits per heavy atom. The van der Waals surface area contributed by atoms with E-state index in [9.17, 15) is 0 Å². The summed E-state index contributed by atoms with van der Waals surface area (Å²) in [5, 5.41) is 0. The van der Waals surface area contributed by atoms with Crippen molar-refractivity contribution in [3.63, 3.8) is 0 Å². The number of imidazole rings is 1. The molecule has 1 aromatic heterocycles. The number of nitrogens with zero attached hydrogens (tertiary/aromatic N) is 3. The lowest BCUT2D eigenvalue weighted by molar-refractivity contribution is 0.0977. The molecule has 0 aliphatic carbocycles. The summed E-state index contributed by atoms with van der Waals surface area (Å²) in [4.78, 5) is 7.53. The van der Waals surface area contributed by atoms with Crippen LogP contribution in [0.2, 0.25) is 0 Å². The molecule has 0 spiro atoms. The number of piperidine rings is 1. The highest BCUT2D eigenvalue weighted by molar-refractivity contribution is 5.72. The van der Waals surface area contributed by atoms with Crippen LogP contribution in [0.1, 0.15) is 103 Å². The third-order valence-corrected chi connectivity index (χ3v) is 9.42. The van der Waals surface area contributed by atoms with Crippen LogP contribution in [0.4, 0.5) is 10.1 Å². The van der Waals surface area contributed by atoms with Gasteiger partial charge in [-0.25, -0.2) is 9.37 Å². The molecule has 0 N–H and O–H groups in total. The maximum Gasteiger partial charge on any atom is 0.144 e. The fourth-order valence-electron chi connectivity index (χ4n) is 7.20. The molecule has 4 rings (SSSR count). The van der Waals surface area contributed by atoms with Crippen LogP contribution in [0.15, 0.2) is 42.7 Å². The lowest BCUT2D eigenvalue weighted by Crippen LogP contribution is -2.59. The van der Waals surface area contributed by atoms with E-state index in [0.29, 0.717) is 6.42 Å². The zero-order chi connectivity index (χ0) is 28.3. The van der Waals surface area contributed by atoms with E-state index < -0.39 is 11.1 Å². The number of aromatic nitrogens is 2. The largest absolute Gasteiger partial charge is 0.361 e. The number of hydrogen-bond donors (Lipinski definition) is 0. The quantitative estimate of drug-likeness (QED) is 0.325. The molecule has 1 atom stereocenters. The highest BCUT2D eigenvalue weighted by atomic mass is 19.1. The Bertz CT molecular complexity index is 1280. The van der Waals surface area contributed by atoms with Gasteiger partial charge in [-0.15, -0.1) is 0 Å². The first-order valence-electron chi connectivity index (χ1n) is 14.3. The molecule has 3 aromatic rings. The SMILES string of the molecule is CCC(C)(c1ccc(N2C(C)(C)CCCC2(C)C)cc1-c1nccn1-c1c(C)cc(C)cc1C)C(C)(C)F. The summed E-state index contributed by atoms with van der Waals surface area (Å²) in [6, 6.07) is 11.2. The Morgan fingerprint density at radius 1 is 0.921 bits per heavy atom. The van der Waals surface area contributed by atoms with Crippen LogP contribution in [0, 0.1) is 20.8 Å². The molecular formula is C34H48FN3. The number of benzene rings is 2. The second kappa shape index (κ2) is 9.54. The summed E-state index contributed by atoms with van der Waals surface area (Å²) in [5.74, 6) is 0.869. The molecule has 206 valence electrons. The first kappa shape index (κ1) is 28.4. The predicted molar refractivity (Wildman–Crippen MR) is 161 cm³/mol. The van der Waals surface area contributed by atoms with E-state index in [1.165, 1.54) is 28.8 Å². The molecule has 1 unspecified atom stereocenters. The molecule has 4 heteroatoms. The van der Waals surface area contributed by atoms with Crippen molar-refractivity contribution in [2.24, 2.45) is 0 Å². The van der Waals surface area contributed by atoms with Gasteiger partial charge in [-0.2, -0.15) is 0 Å². The second-order valence-electron chi connectivity index (χ2n) is 13.6. The minimum Gasteiger partial charge on any atom is -0.361 e. The smallest absolute Gasteiger partial charge is 0.144 e. The van der Waals surface area contributed by atoms with Crippen molar-refractivity contribution < 1.29 is 4.39 Å². The molecule has 38 heavy (non-hydrogen) atoms. The van der Waals surface area contributed by atoms with Crippen molar-refractivity contribution in [1.82, 2.24) is 9.55 Å². The lowest BCUT2D eigenvalue weighted by atomic mass is 9.68. The third kappa shape index (κ3) is 4.69. The van der Waals surface area contributed by atoms with Gasteiger partial charge in [0, 0.05) is 40.1 Å². The summed E-state index contributed by atoms with van der Waals surface area (Å²) in [6.07, 6.45) is 8.13. The maximum atomic E-state index is 16.0. The summed E-state index contributed by atoms with van der Waals surface area (Å²) < 4.78 is 18.2. The van der Waals surface area contributed by atoms with E-state index in [0.717, 1.165) is 35.5 Å². The highest BCUT2D eigenvalue weighted by Gasteiger charge is 2.45. The molecule has 1 saturated heterocycles.